The van der Waals surface area contributed by atoms with Crippen LogP contribution in [0.1, 0.15) is 5.56 Å². The van der Waals surface area contributed by atoms with Crippen molar-refractivity contribution in [3.05, 3.63) is 54.1 Å². The first-order chi connectivity index (χ1) is 9.19. The quantitative estimate of drug-likeness (QED) is 0.900. The Labute approximate surface area is 119 Å². The second kappa shape index (κ2) is 6.64. The van der Waals surface area contributed by atoms with Gasteiger partial charge in [0.25, 0.3) is 0 Å². The lowest BCUT2D eigenvalue weighted by Gasteiger charge is -2.12. The number of ether oxygens (including phenoxy) is 1. The highest BCUT2D eigenvalue weighted by Crippen LogP contribution is 2.31. The lowest BCUT2D eigenvalue weighted by molar-refractivity contribution is -0.872. The number of nitrogens with one attached hydrogen (secondary N) is 1. The average molecular weight is 274 g/mol. The van der Waals surface area contributed by atoms with Crippen LogP contribution in [-0.2, 0) is 6.54 Å². The summed E-state index contributed by atoms with van der Waals surface area (Å²) in [7, 11) is 6.05. The Bertz CT molecular complexity index is 540. The van der Waals surface area contributed by atoms with Gasteiger partial charge in [-0.05, 0) is 24.3 Å². The van der Waals surface area contributed by atoms with E-state index in [0.717, 1.165) is 12.3 Å². The van der Waals surface area contributed by atoms with Crippen molar-refractivity contribution in [2.75, 3.05) is 21.2 Å². The Balaban J connectivity index is 2.22. The van der Waals surface area contributed by atoms with Gasteiger partial charge in [-0.2, -0.15) is 0 Å². The van der Waals surface area contributed by atoms with Gasteiger partial charge in [-0.3, -0.25) is 0 Å². The van der Waals surface area contributed by atoms with Crippen LogP contribution in [0, 0.1) is 0 Å². The zero-order valence-corrected chi connectivity index (χ0v) is 12.5. The van der Waals surface area contributed by atoms with Gasteiger partial charge in [0.2, 0.25) is 0 Å². The SMILES string of the molecule is COc1cccc(Sc2ccccc2C[NH+](C)C)c1. The smallest absolute Gasteiger partial charge is 0.119 e. The Morgan fingerprint density at radius 2 is 1.84 bits per heavy atom. The van der Waals surface area contributed by atoms with Crippen LogP contribution >= 0.6 is 11.8 Å². The first-order valence-electron chi connectivity index (χ1n) is 6.38. The van der Waals surface area contributed by atoms with Crippen molar-refractivity contribution in [1.29, 1.82) is 0 Å². The second-order valence-corrected chi connectivity index (χ2v) is 5.89. The predicted molar refractivity (Wildman–Crippen MR) is 80.1 cm³/mol. The molecule has 0 saturated carbocycles. The number of benzene rings is 2. The summed E-state index contributed by atoms with van der Waals surface area (Å²) in [6.07, 6.45) is 0. The average Bonchev–Trinajstić information content (AvgIpc) is 2.41. The van der Waals surface area contributed by atoms with Gasteiger partial charge in [0.05, 0.1) is 21.2 Å². The van der Waals surface area contributed by atoms with Crippen molar-refractivity contribution < 1.29 is 9.64 Å². The number of methoxy groups -OCH3 is 1. The molecule has 2 aromatic rings. The molecule has 0 bridgehead atoms. The van der Waals surface area contributed by atoms with E-state index in [0.29, 0.717) is 0 Å². The largest absolute Gasteiger partial charge is 0.497 e. The normalized spacial score (nSPS) is 10.7. The van der Waals surface area contributed by atoms with Gasteiger partial charge in [-0.1, -0.05) is 36.0 Å². The summed E-state index contributed by atoms with van der Waals surface area (Å²) in [4.78, 5) is 3.95. The van der Waals surface area contributed by atoms with E-state index in [1.54, 1.807) is 18.9 Å². The molecule has 0 amide bonds. The van der Waals surface area contributed by atoms with E-state index >= 15 is 0 Å². The van der Waals surface area contributed by atoms with Crippen LogP contribution in [0.3, 0.4) is 0 Å². The van der Waals surface area contributed by atoms with E-state index in [-0.39, 0.29) is 0 Å². The molecule has 0 aliphatic heterocycles. The van der Waals surface area contributed by atoms with E-state index in [9.17, 15) is 0 Å². The van der Waals surface area contributed by atoms with Gasteiger partial charge in [0, 0.05) is 15.4 Å². The fourth-order valence-corrected chi connectivity index (χ4v) is 2.92. The van der Waals surface area contributed by atoms with Gasteiger partial charge in [-0.25, -0.2) is 0 Å². The van der Waals surface area contributed by atoms with Crippen molar-refractivity contribution in [1.82, 2.24) is 0 Å². The summed E-state index contributed by atoms with van der Waals surface area (Å²) in [5.74, 6) is 0.903. The zero-order chi connectivity index (χ0) is 13.7. The molecule has 0 aliphatic carbocycles. The highest BCUT2D eigenvalue weighted by atomic mass is 32.2. The molecule has 0 heterocycles. The summed E-state index contributed by atoms with van der Waals surface area (Å²) in [5.41, 5.74) is 1.38. The van der Waals surface area contributed by atoms with Crippen LogP contribution in [0.2, 0.25) is 0 Å². The Kier molecular flexibility index (Phi) is 4.88. The summed E-state index contributed by atoms with van der Waals surface area (Å²) in [5, 5.41) is 0. The molecular formula is C16H20NOS+. The summed E-state index contributed by atoms with van der Waals surface area (Å²) >= 11 is 1.79. The molecule has 0 radical (unpaired) electrons. The van der Waals surface area contributed by atoms with Gasteiger partial charge < -0.3 is 9.64 Å². The van der Waals surface area contributed by atoms with Crippen molar-refractivity contribution >= 4 is 11.8 Å². The molecule has 1 N–H and O–H groups in total. The standard InChI is InChI=1S/C16H19NOS/c1-17(2)12-13-7-4-5-10-16(13)19-15-9-6-8-14(11-15)18-3/h4-11H,12H2,1-3H3/p+1. The maximum absolute atomic E-state index is 5.27. The van der Waals surface area contributed by atoms with Crippen LogP contribution in [-0.4, -0.2) is 21.2 Å². The van der Waals surface area contributed by atoms with Crippen LogP contribution in [0.25, 0.3) is 0 Å². The van der Waals surface area contributed by atoms with Crippen molar-refractivity contribution in [2.24, 2.45) is 0 Å². The van der Waals surface area contributed by atoms with E-state index in [2.05, 4.69) is 50.5 Å². The number of hydrogen-bond donors (Lipinski definition) is 1. The van der Waals surface area contributed by atoms with Crippen molar-refractivity contribution in [3.8, 4) is 5.75 Å². The molecule has 100 valence electrons. The number of rotatable bonds is 5. The Morgan fingerprint density at radius 1 is 1.05 bits per heavy atom. The maximum atomic E-state index is 5.27. The van der Waals surface area contributed by atoms with E-state index in [1.807, 2.05) is 12.1 Å². The molecule has 0 unspecified atom stereocenters. The van der Waals surface area contributed by atoms with Crippen molar-refractivity contribution in [2.45, 2.75) is 16.3 Å². The molecule has 3 heteroatoms. The third-order valence-electron chi connectivity index (χ3n) is 2.79. The Morgan fingerprint density at radius 3 is 2.58 bits per heavy atom. The van der Waals surface area contributed by atoms with E-state index in [4.69, 9.17) is 4.74 Å². The Hall–Kier alpha value is -1.45. The molecule has 2 rings (SSSR count). The molecular weight excluding hydrogens is 254 g/mol. The van der Waals surface area contributed by atoms with Crippen LogP contribution in [0.15, 0.2) is 58.3 Å². The monoisotopic (exact) mass is 274 g/mol. The summed E-state index contributed by atoms with van der Waals surface area (Å²) in [6.45, 7) is 1.03. The van der Waals surface area contributed by atoms with E-state index < -0.39 is 0 Å². The summed E-state index contributed by atoms with van der Waals surface area (Å²) in [6, 6.07) is 16.8. The minimum Gasteiger partial charge on any atom is -0.497 e. The van der Waals surface area contributed by atoms with Gasteiger partial charge in [0.15, 0.2) is 0 Å². The topological polar surface area (TPSA) is 13.7 Å². The molecule has 0 atom stereocenters. The molecule has 0 spiro atoms. The highest BCUT2D eigenvalue weighted by molar-refractivity contribution is 7.99. The fourth-order valence-electron chi connectivity index (χ4n) is 1.92. The van der Waals surface area contributed by atoms with Crippen LogP contribution < -0.4 is 9.64 Å². The van der Waals surface area contributed by atoms with Gasteiger partial charge in [0.1, 0.15) is 12.3 Å². The fraction of sp³-hybridized carbons (Fsp3) is 0.250. The molecule has 0 saturated heterocycles. The highest BCUT2D eigenvalue weighted by Gasteiger charge is 2.07. The predicted octanol–water partition coefficient (Wildman–Crippen LogP) is 2.49. The molecule has 0 aliphatic rings. The summed E-state index contributed by atoms with van der Waals surface area (Å²) < 4.78 is 5.27. The minimum absolute atomic E-state index is 0.903. The molecule has 0 aromatic heterocycles. The minimum atomic E-state index is 0.903. The van der Waals surface area contributed by atoms with Gasteiger partial charge >= 0.3 is 0 Å². The van der Waals surface area contributed by atoms with Gasteiger partial charge in [-0.15, -0.1) is 0 Å². The van der Waals surface area contributed by atoms with Crippen molar-refractivity contribution in [3.63, 3.8) is 0 Å². The molecule has 0 fully saturated rings. The maximum Gasteiger partial charge on any atom is 0.119 e. The van der Waals surface area contributed by atoms with Crippen LogP contribution in [0.5, 0.6) is 5.75 Å². The molecule has 19 heavy (non-hydrogen) atoms. The number of hydrogen-bond acceptors (Lipinski definition) is 2. The third-order valence-corrected chi connectivity index (χ3v) is 3.89. The third kappa shape index (κ3) is 4.01. The van der Waals surface area contributed by atoms with Crippen LogP contribution in [0.4, 0.5) is 0 Å². The lowest BCUT2D eigenvalue weighted by Crippen LogP contribution is -3.04. The first-order valence-corrected chi connectivity index (χ1v) is 7.19. The molecule has 2 aromatic carbocycles. The zero-order valence-electron chi connectivity index (χ0n) is 11.6. The lowest BCUT2D eigenvalue weighted by atomic mass is 10.2. The first kappa shape index (κ1) is 14.0. The number of quaternary nitrogens is 1. The molecule has 2 nitrogen and oxygen atoms in total. The second-order valence-electron chi connectivity index (χ2n) is 4.77. The van der Waals surface area contributed by atoms with E-state index in [1.165, 1.54) is 20.3 Å².